The van der Waals surface area contributed by atoms with Crippen molar-refractivity contribution in [3.63, 3.8) is 0 Å². The predicted octanol–water partition coefficient (Wildman–Crippen LogP) is 3.00. The minimum absolute atomic E-state index is 0.126. The molecule has 1 aromatic carbocycles. The normalized spacial score (nSPS) is 18.2. The Morgan fingerprint density at radius 2 is 2.20 bits per heavy atom. The van der Waals surface area contributed by atoms with Crippen molar-refractivity contribution in [1.29, 1.82) is 0 Å². The molecule has 1 aliphatic rings. The summed E-state index contributed by atoms with van der Waals surface area (Å²) in [4.78, 5) is 4.19. The zero-order valence-electron chi connectivity index (χ0n) is 10.9. The lowest BCUT2D eigenvalue weighted by molar-refractivity contribution is 0.705. The summed E-state index contributed by atoms with van der Waals surface area (Å²) in [5.74, 6) is 0. The molecule has 0 fully saturated rings. The quantitative estimate of drug-likeness (QED) is 0.944. The molecule has 0 radical (unpaired) electrons. The van der Waals surface area contributed by atoms with Gasteiger partial charge in [0.25, 0.3) is 0 Å². The standard InChI is InChI=1S/C15H15ClN4/c16-12-4-1-5-14(7-12)20-15(8-13(9-17)19-20)11-3-2-6-18-10-11/h1-7,10,15H,8-9,17H2. The molecule has 3 rings (SSSR count). The number of hydrogen-bond acceptors (Lipinski definition) is 4. The highest BCUT2D eigenvalue weighted by molar-refractivity contribution is 6.30. The van der Waals surface area contributed by atoms with E-state index in [1.807, 2.05) is 41.5 Å². The van der Waals surface area contributed by atoms with Gasteiger partial charge in [-0.3, -0.25) is 9.99 Å². The molecule has 1 aliphatic heterocycles. The Morgan fingerprint density at radius 1 is 1.30 bits per heavy atom. The van der Waals surface area contributed by atoms with Crippen LogP contribution in [0.1, 0.15) is 18.0 Å². The van der Waals surface area contributed by atoms with E-state index in [9.17, 15) is 0 Å². The molecule has 2 heterocycles. The molecule has 102 valence electrons. The number of benzene rings is 1. The van der Waals surface area contributed by atoms with E-state index < -0.39 is 0 Å². The van der Waals surface area contributed by atoms with Crippen LogP contribution in [0.3, 0.4) is 0 Å². The Hall–Kier alpha value is -1.91. The van der Waals surface area contributed by atoms with E-state index in [0.29, 0.717) is 11.6 Å². The number of hydrazone groups is 1. The molecule has 20 heavy (non-hydrogen) atoms. The summed E-state index contributed by atoms with van der Waals surface area (Å²) in [6.45, 7) is 0.466. The van der Waals surface area contributed by atoms with Crippen LogP contribution in [0.25, 0.3) is 0 Å². The fourth-order valence-electron chi connectivity index (χ4n) is 2.39. The van der Waals surface area contributed by atoms with Crippen LogP contribution in [0, 0.1) is 0 Å². The lowest BCUT2D eigenvalue weighted by atomic mass is 10.0. The second kappa shape index (κ2) is 5.61. The Morgan fingerprint density at radius 3 is 2.90 bits per heavy atom. The number of aromatic nitrogens is 1. The van der Waals surface area contributed by atoms with Gasteiger partial charge in [0.2, 0.25) is 0 Å². The summed E-state index contributed by atoms with van der Waals surface area (Å²) in [6.07, 6.45) is 4.46. The highest BCUT2D eigenvalue weighted by Crippen LogP contribution is 2.35. The maximum atomic E-state index is 6.08. The molecular weight excluding hydrogens is 272 g/mol. The highest BCUT2D eigenvalue weighted by atomic mass is 35.5. The first-order chi connectivity index (χ1) is 9.78. The Bertz CT molecular complexity index is 627. The van der Waals surface area contributed by atoms with E-state index in [0.717, 1.165) is 23.4 Å². The van der Waals surface area contributed by atoms with Crippen molar-refractivity contribution < 1.29 is 0 Å². The molecule has 0 bridgehead atoms. The predicted molar refractivity (Wildman–Crippen MR) is 82.0 cm³/mol. The fraction of sp³-hybridized carbons (Fsp3) is 0.200. The van der Waals surface area contributed by atoms with E-state index in [4.69, 9.17) is 17.3 Å². The van der Waals surface area contributed by atoms with Crippen molar-refractivity contribution in [3.05, 3.63) is 59.4 Å². The average Bonchev–Trinajstić information content (AvgIpc) is 2.92. The summed E-state index contributed by atoms with van der Waals surface area (Å²) in [5, 5.41) is 7.29. The number of nitrogens with two attached hydrogens (primary N) is 1. The van der Waals surface area contributed by atoms with Crippen LogP contribution in [-0.4, -0.2) is 17.2 Å². The first-order valence-electron chi connectivity index (χ1n) is 6.49. The van der Waals surface area contributed by atoms with Crippen LogP contribution in [0.15, 0.2) is 53.9 Å². The highest BCUT2D eigenvalue weighted by Gasteiger charge is 2.28. The van der Waals surface area contributed by atoms with Gasteiger partial charge in [0.15, 0.2) is 0 Å². The number of pyridine rings is 1. The number of rotatable bonds is 3. The number of hydrogen-bond donors (Lipinski definition) is 1. The minimum atomic E-state index is 0.126. The second-order valence-corrected chi connectivity index (χ2v) is 5.14. The van der Waals surface area contributed by atoms with E-state index in [1.54, 1.807) is 6.20 Å². The van der Waals surface area contributed by atoms with Crippen LogP contribution in [0.4, 0.5) is 5.69 Å². The summed E-state index contributed by atoms with van der Waals surface area (Å²) in [7, 11) is 0. The molecule has 0 saturated heterocycles. The number of anilines is 1. The van der Waals surface area contributed by atoms with Gasteiger partial charge >= 0.3 is 0 Å². The molecule has 1 aromatic heterocycles. The van der Waals surface area contributed by atoms with Crippen molar-refractivity contribution in [2.24, 2.45) is 10.8 Å². The maximum absolute atomic E-state index is 6.08. The van der Waals surface area contributed by atoms with Crippen LogP contribution in [0.5, 0.6) is 0 Å². The first kappa shape index (κ1) is 13.1. The third kappa shape index (κ3) is 2.53. The summed E-state index contributed by atoms with van der Waals surface area (Å²) < 4.78 is 0. The second-order valence-electron chi connectivity index (χ2n) is 4.70. The van der Waals surface area contributed by atoms with Gasteiger partial charge < -0.3 is 5.73 Å². The van der Waals surface area contributed by atoms with Gasteiger partial charge in [0.1, 0.15) is 0 Å². The van der Waals surface area contributed by atoms with Gasteiger partial charge in [-0.15, -0.1) is 0 Å². The molecule has 1 atom stereocenters. The van der Waals surface area contributed by atoms with Crippen LogP contribution in [-0.2, 0) is 0 Å². The zero-order chi connectivity index (χ0) is 13.9. The monoisotopic (exact) mass is 286 g/mol. The molecule has 0 saturated carbocycles. The molecule has 1 unspecified atom stereocenters. The number of halogens is 1. The molecule has 4 nitrogen and oxygen atoms in total. The summed E-state index contributed by atoms with van der Waals surface area (Å²) in [5.41, 5.74) is 8.82. The van der Waals surface area contributed by atoms with Crippen LogP contribution >= 0.6 is 11.6 Å². The molecule has 0 spiro atoms. The van der Waals surface area contributed by atoms with Crippen molar-refractivity contribution >= 4 is 23.0 Å². The van der Waals surface area contributed by atoms with Crippen LogP contribution in [0.2, 0.25) is 5.02 Å². The number of nitrogens with zero attached hydrogens (tertiary/aromatic N) is 3. The van der Waals surface area contributed by atoms with Crippen LogP contribution < -0.4 is 10.7 Å². The Labute approximate surface area is 122 Å². The van der Waals surface area contributed by atoms with Gasteiger partial charge in [-0.25, -0.2) is 0 Å². The molecule has 5 heteroatoms. The molecule has 0 aliphatic carbocycles. The molecule has 2 N–H and O–H groups in total. The van der Waals surface area contributed by atoms with Gasteiger partial charge in [-0.1, -0.05) is 23.7 Å². The Balaban J connectivity index is 1.98. The Kier molecular flexibility index (Phi) is 3.67. The first-order valence-corrected chi connectivity index (χ1v) is 6.87. The summed E-state index contributed by atoms with van der Waals surface area (Å²) in [6, 6.07) is 11.8. The van der Waals surface area contributed by atoms with E-state index in [-0.39, 0.29) is 6.04 Å². The summed E-state index contributed by atoms with van der Waals surface area (Å²) >= 11 is 6.08. The van der Waals surface area contributed by atoms with E-state index in [2.05, 4.69) is 16.2 Å². The van der Waals surface area contributed by atoms with Gasteiger partial charge in [-0.05, 0) is 29.8 Å². The minimum Gasteiger partial charge on any atom is -0.325 e. The third-order valence-electron chi connectivity index (χ3n) is 3.35. The molecule has 2 aromatic rings. The van der Waals surface area contributed by atoms with Crippen molar-refractivity contribution in [2.45, 2.75) is 12.5 Å². The zero-order valence-corrected chi connectivity index (χ0v) is 11.7. The lowest BCUT2D eigenvalue weighted by Gasteiger charge is -2.23. The third-order valence-corrected chi connectivity index (χ3v) is 3.59. The van der Waals surface area contributed by atoms with Gasteiger partial charge in [-0.2, -0.15) is 5.10 Å². The smallest absolute Gasteiger partial charge is 0.0843 e. The SMILES string of the molecule is NCC1=NN(c2cccc(Cl)c2)C(c2cccnc2)C1. The largest absolute Gasteiger partial charge is 0.325 e. The van der Waals surface area contributed by atoms with Crippen molar-refractivity contribution in [3.8, 4) is 0 Å². The molecular formula is C15H15ClN4. The average molecular weight is 287 g/mol. The maximum Gasteiger partial charge on any atom is 0.0843 e. The van der Waals surface area contributed by atoms with Gasteiger partial charge in [0, 0.05) is 30.4 Å². The van der Waals surface area contributed by atoms with Crippen molar-refractivity contribution in [1.82, 2.24) is 4.98 Å². The lowest BCUT2D eigenvalue weighted by Crippen LogP contribution is -2.18. The molecule has 0 amide bonds. The van der Waals surface area contributed by atoms with Crippen molar-refractivity contribution in [2.75, 3.05) is 11.6 Å². The van der Waals surface area contributed by atoms with Gasteiger partial charge in [0.05, 0.1) is 17.4 Å². The topological polar surface area (TPSA) is 54.5 Å². The van der Waals surface area contributed by atoms with E-state index in [1.165, 1.54) is 0 Å². The van der Waals surface area contributed by atoms with E-state index >= 15 is 0 Å². The fourth-order valence-corrected chi connectivity index (χ4v) is 2.57.